The molecule has 1 rings (SSSR count). The molecule has 0 amide bonds. The minimum absolute atomic E-state index is 0.255. The second kappa shape index (κ2) is 11.0. The molecule has 2 nitrogen and oxygen atoms in total. The largest absolute Gasteiger partial charge is 0.491 e. The SMILES string of the molecule is CCCCCCCCc1ccc(OCCO[Si](C)(C)C(C)(C)C)cc1. The van der Waals surface area contributed by atoms with Crippen molar-refractivity contribution in [1.82, 2.24) is 0 Å². The molecule has 0 aliphatic carbocycles. The van der Waals surface area contributed by atoms with Crippen LogP contribution in [0.3, 0.4) is 0 Å². The number of benzene rings is 1. The van der Waals surface area contributed by atoms with E-state index in [1.54, 1.807) is 0 Å². The summed E-state index contributed by atoms with van der Waals surface area (Å²) in [6, 6.07) is 8.60. The van der Waals surface area contributed by atoms with Gasteiger partial charge in [0.1, 0.15) is 12.4 Å². The molecule has 0 aliphatic rings. The molecule has 0 atom stereocenters. The van der Waals surface area contributed by atoms with Crippen LogP contribution < -0.4 is 4.74 Å². The van der Waals surface area contributed by atoms with E-state index in [-0.39, 0.29) is 5.04 Å². The van der Waals surface area contributed by atoms with Crippen molar-refractivity contribution in [2.45, 2.75) is 90.8 Å². The molecule has 0 fully saturated rings. The van der Waals surface area contributed by atoms with Crippen LogP contribution in [0.25, 0.3) is 0 Å². The van der Waals surface area contributed by atoms with Gasteiger partial charge in [-0.05, 0) is 48.7 Å². The summed E-state index contributed by atoms with van der Waals surface area (Å²) in [6.45, 7) is 14.9. The average molecular weight is 365 g/mol. The highest BCUT2D eigenvalue weighted by molar-refractivity contribution is 6.74. The second-order valence-corrected chi connectivity index (χ2v) is 13.4. The summed E-state index contributed by atoms with van der Waals surface area (Å²) in [4.78, 5) is 0. The Morgan fingerprint density at radius 2 is 1.44 bits per heavy atom. The van der Waals surface area contributed by atoms with Gasteiger partial charge in [-0.1, -0.05) is 71.9 Å². The Kier molecular flexibility index (Phi) is 9.81. The number of ether oxygens (including phenoxy) is 1. The number of hydrogen-bond acceptors (Lipinski definition) is 2. The highest BCUT2D eigenvalue weighted by atomic mass is 28.4. The number of aryl methyl sites for hydroxylation is 1. The van der Waals surface area contributed by atoms with Crippen molar-refractivity contribution in [3.63, 3.8) is 0 Å². The lowest BCUT2D eigenvalue weighted by Crippen LogP contribution is -2.41. The van der Waals surface area contributed by atoms with Crippen LogP contribution in [-0.2, 0) is 10.8 Å². The van der Waals surface area contributed by atoms with Gasteiger partial charge in [-0.15, -0.1) is 0 Å². The Labute approximate surface area is 157 Å². The molecule has 0 radical (unpaired) electrons. The van der Waals surface area contributed by atoms with Crippen molar-refractivity contribution < 1.29 is 9.16 Å². The average Bonchev–Trinajstić information content (AvgIpc) is 2.55. The minimum Gasteiger partial charge on any atom is -0.491 e. The Morgan fingerprint density at radius 1 is 0.840 bits per heavy atom. The molecule has 0 N–H and O–H groups in total. The van der Waals surface area contributed by atoms with E-state index in [0.717, 1.165) is 5.75 Å². The molecule has 0 spiro atoms. The molecule has 0 saturated carbocycles. The quantitative estimate of drug-likeness (QED) is 0.294. The van der Waals surface area contributed by atoms with Gasteiger partial charge in [0.2, 0.25) is 0 Å². The summed E-state index contributed by atoms with van der Waals surface area (Å²) >= 11 is 0. The molecule has 1 aromatic carbocycles. The van der Waals surface area contributed by atoms with E-state index in [2.05, 4.69) is 65.1 Å². The summed E-state index contributed by atoms with van der Waals surface area (Å²) in [5.74, 6) is 0.950. The summed E-state index contributed by atoms with van der Waals surface area (Å²) in [5, 5.41) is 0.255. The van der Waals surface area contributed by atoms with Crippen molar-refractivity contribution in [3.8, 4) is 5.75 Å². The predicted molar refractivity (Wildman–Crippen MR) is 112 cm³/mol. The molecular formula is C22H40O2Si. The first-order chi connectivity index (χ1) is 11.8. The van der Waals surface area contributed by atoms with Gasteiger partial charge < -0.3 is 9.16 Å². The van der Waals surface area contributed by atoms with Crippen LogP contribution in [0.1, 0.15) is 71.8 Å². The van der Waals surface area contributed by atoms with Crippen molar-refractivity contribution in [2.75, 3.05) is 13.2 Å². The Hall–Kier alpha value is -0.803. The van der Waals surface area contributed by atoms with E-state index in [1.807, 2.05) is 0 Å². The van der Waals surface area contributed by atoms with Crippen LogP contribution >= 0.6 is 0 Å². The van der Waals surface area contributed by atoms with E-state index in [4.69, 9.17) is 9.16 Å². The fourth-order valence-corrected chi connectivity index (χ4v) is 3.56. The first kappa shape index (κ1) is 22.2. The van der Waals surface area contributed by atoms with Gasteiger partial charge in [0.15, 0.2) is 8.32 Å². The van der Waals surface area contributed by atoms with Gasteiger partial charge in [-0.25, -0.2) is 0 Å². The lowest BCUT2D eigenvalue weighted by molar-refractivity contribution is 0.203. The Morgan fingerprint density at radius 3 is 2.04 bits per heavy atom. The Balaban J connectivity index is 2.22. The molecule has 0 unspecified atom stereocenters. The fraction of sp³-hybridized carbons (Fsp3) is 0.727. The molecule has 3 heteroatoms. The van der Waals surface area contributed by atoms with Crippen LogP contribution in [0, 0.1) is 0 Å². The number of hydrogen-bond donors (Lipinski definition) is 0. The van der Waals surface area contributed by atoms with Crippen LogP contribution in [0.5, 0.6) is 5.75 Å². The smallest absolute Gasteiger partial charge is 0.192 e. The zero-order valence-electron chi connectivity index (χ0n) is 17.5. The van der Waals surface area contributed by atoms with Crippen molar-refractivity contribution in [3.05, 3.63) is 29.8 Å². The molecule has 0 saturated heterocycles. The lowest BCUT2D eigenvalue weighted by Gasteiger charge is -2.36. The molecule has 144 valence electrons. The Bertz CT molecular complexity index is 460. The molecule has 1 aromatic rings. The summed E-state index contributed by atoms with van der Waals surface area (Å²) in [6.07, 6.45) is 9.30. The van der Waals surface area contributed by atoms with Crippen LogP contribution in [-0.4, -0.2) is 21.5 Å². The monoisotopic (exact) mass is 364 g/mol. The molecule has 0 heterocycles. The normalized spacial score (nSPS) is 12.4. The standard InChI is InChI=1S/C22H40O2Si/c1-7-8-9-10-11-12-13-20-14-16-21(17-15-20)23-18-19-24-25(5,6)22(2,3)4/h14-17H,7-13,18-19H2,1-6H3. The third-order valence-electron chi connectivity index (χ3n) is 5.36. The van der Waals surface area contributed by atoms with Crippen LogP contribution in [0.4, 0.5) is 0 Å². The zero-order chi connectivity index (χ0) is 18.8. The lowest BCUT2D eigenvalue weighted by atomic mass is 10.0. The molecule has 0 bridgehead atoms. The van der Waals surface area contributed by atoms with Gasteiger partial charge in [0, 0.05) is 0 Å². The third kappa shape index (κ3) is 8.91. The molecule has 0 aromatic heterocycles. The van der Waals surface area contributed by atoms with Gasteiger partial charge in [-0.3, -0.25) is 0 Å². The fourth-order valence-electron chi connectivity index (χ4n) is 2.53. The highest BCUT2D eigenvalue weighted by Crippen LogP contribution is 2.36. The third-order valence-corrected chi connectivity index (χ3v) is 9.90. The summed E-state index contributed by atoms with van der Waals surface area (Å²) < 4.78 is 12.0. The minimum atomic E-state index is -1.66. The van der Waals surface area contributed by atoms with Crippen molar-refractivity contribution in [2.24, 2.45) is 0 Å². The summed E-state index contributed by atoms with van der Waals surface area (Å²) in [7, 11) is -1.66. The highest BCUT2D eigenvalue weighted by Gasteiger charge is 2.36. The van der Waals surface area contributed by atoms with E-state index in [1.165, 1.54) is 50.5 Å². The zero-order valence-corrected chi connectivity index (χ0v) is 18.5. The van der Waals surface area contributed by atoms with E-state index < -0.39 is 8.32 Å². The van der Waals surface area contributed by atoms with Gasteiger partial charge >= 0.3 is 0 Å². The number of unbranched alkanes of at least 4 members (excludes halogenated alkanes) is 5. The first-order valence-corrected chi connectivity index (χ1v) is 13.0. The van der Waals surface area contributed by atoms with Gasteiger partial charge in [-0.2, -0.15) is 0 Å². The van der Waals surface area contributed by atoms with E-state index in [9.17, 15) is 0 Å². The maximum atomic E-state index is 6.15. The van der Waals surface area contributed by atoms with Gasteiger partial charge in [0.25, 0.3) is 0 Å². The molecule has 25 heavy (non-hydrogen) atoms. The second-order valence-electron chi connectivity index (χ2n) is 8.62. The predicted octanol–water partition coefficient (Wildman–Crippen LogP) is 6.99. The number of rotatable bonds is 12. The maximum Gasteiger partial charge on any atom is 0.192 e. The van der Waals surface area contributed by atoms with Crippen LogP contribution in [0.2, 0.25) is 18.1 Å². The van der Waals surface area contributed by atoms with E-state index >= 15 is 0 Å². The summed E-state index contributed by atoms with van der Waals surface area (Å²) in [5.41, 5.74) is 1.42. The van der Waals surface area contributed by atoms with Crippen LogP contribution in [0.15, 0.2) is 24.3 Å². The molecule has 0 aliphatic heterocycles. The van der Waals surface area contributed by atoms with Gasteiger partial charge in [0.05, 0.1) is 6.61 Å². The topological polar surface area (TPSA) is 18.5 Å². The van der Waals surface area contributed by atoms with Crippen molar-refractivity contribution >= 4 is 8.32 Å². The van der Waals surface area contributed by atoms with Crippen molar-refractivity contribution in [1.29, 1.82) is 0 Å². The first-order valence-electron chi connectivity index (χ1n) is 10.1. The molecular weight excluding hydrogens is 324 g/mol. The maximum absolute atomic E-state index is 6.15. The van der Waals surface area contributed by atoms with E-state index in [0.29, 0.717) is 13.2 Å².